The van der Waals surface area contributed by atoms with Crippen LogP contribution in [0.1, 0.15) is 5.69 Å². The molecule has 2 heterocycles. The minimum Gasteiger partial charge on any atom is -0.487 e. The van der Waals surface area contributed by atoms with Gasteiger partial charge in [-0.3, -0.25) is 0 Å². The minimum atomic E-state index is 0.456. The number of aromatic amines is 1. The first-order valence-corrected chi connectivity index (χ1v) is 5.66. The van der Waals surface area contributed by atoms with Gasteiger partial charge >= 0.3 is 0 Å². The molecule has 4 heteroatoms. The highest BCUT2D eigenvalue weighted by Crippen LogP contribution is 2.30. The van der Waals surface area contributed by atoms with Crippen molar-refractivity contribution in [2.45, 2.75) is 6.61 Å². The second-order valence-electron chi connectivity index (χ2n) is 3.84. The molecule has 90 valence electrons. The van der Waals surface area contributed by atoms with E-state index in [0.717, 1.165) is 22.8 Å². The number of nitrogens with one attached hydrogen (secondary N) is 1. The Morgan fingerprint density at radius 3 is 2.89 bits per heavy atom. The smallest absolute Gasteiger partial charge is 0.137 e. The Bertz CT molecular complexity index is 601. The van der Waals surface area contributed by atoms with Gasteiger partial charge in [0.1, 0.15) is 18.1 Å². The van der Waals surface area contributed by atoms with Crippen LogP contribution < -0.4 is 4.74 Å². The third kappa shape index (κ3) is 2.13. The Labute approximate surface area is 104 Å². The Balaban J connectivity index is 1.84. The molecule has 0 aliphatic rings. The van der Waals surface area contributed by atoms with Crippen molar-refractivity contribution in [3.63, 3.8) is 0 Å². The summed E-state index contributed by atoms with van der Waals surface area (Å²) in [5.41, 5.74) is 1.88. The van der Waals surface area contributed by atoms with Crippen LogP contribution in [-0.2, 0) is 6.61 Å². The lowest BCUT2D eigenvalue weighted by Crippen LogP contribution is -1.96. The van der Waals surface area contributed by atoms with E-state index in [-0.39, 0.29) is 0 Å². The molecule has 1 aromatic carbocycles. The molecular formula is C14H12N2O2. The Hall–Kier alpha value is -2.49. The summed E-state index contributed by atoms with van der Waals surface area (Å²) in [6.07, 6.45) is 5.04. The summed E-state index contributed by atoms with van der Waals surface area (Å²) in [5.74, 6) is 1.59. The maximum absolute atomic E-state index is 5.77. The lowest BCUT2D eigenvalue weighted by atomic mass is 10.1. The molecule has 0 radical (unpaired) electrons. The molecule has 0 amide bonds. The predicted octanol–water partition coefficient (Wildman–Crippen LogP) is 3.25. The highest BCUT2D eigenvalue weighted by Gasteiger charge is 2.08. The van der Waals surface area contributed by atoms with Gasteiger partial charge < -0.3 is 14.1 Å². The first-order chi connectivity index (χ1) is 8.93. The summed E-state index contributed by atoms with van der Waals surface area (Å²) in [5, 5.41) is 0. The zero-order valence-electron chi connectivity index (χ0n) is 9.67. The van der Waals surface area contributed by atoms with E-state index in [0.29, 0.717) is 6.61 Å². The molecule has 0 atom stereocenters. The molecule has 1 N–H and O–H groups in total. The van der Waals surface area contributed by atoms with Crippen LogP contribution in [-0.4, -0.2) is 9.97 Å². The van der Waals surface area contributed by atoms with Crippen LogP contribution in [0.2, 0.25) is 0 Å². The van der Waals surface area contributed by atoms with E-state index in [9.17, 15) is 0 Å². The lowest BCUT2D eigenvalue weighted by Gasteiger charge is -2.08. The van der Waals surface area contributed by atoms with E-state index in [1.807, 2.05) is 36.4 Å². The molecule has 0 spiro atoms. The first kappa shape index (κ1) is 10.7. The number of para-hydroxylation sites is 1. The van der Waals surface area contributed by atoms with Crippen LogP contribution in [0.5, 0.6) is 5.75 Å². The van der Waals surface area contributed by atoms with E-state index in [4.69, 9.17) is 9.15 Å². The number of rotatable bonds is 4. The number of ether oxygens (including phenoxy) is 1. The largest absolute Gasteiger partial charge is 0.487 e. The molecule has 0 saturated carbocycles. The second-order valence-corrected chi connectivity index (χ2v) is 3.84. The third-order valence-electron chi connectivity index (χ3n) is 2.61. The number of hydrogen-bond acceptors (Lipinski definition) is 3. The van der Waals surface area contributed by atoms with Crippen molar-refractivity contribution >= 4 is 0 Å². The molecule has 2 aromatic heterocycles. The van der Waals surface area contributed by atoms with Crippen LogP contribution in [0.4, 0.5) is 0 Å². The van der Waals surface area contributed by atoms with Gasteiger partial charge in [-0.1, -0.05) is 12.1 Å². The molecule has 3 rings (SSSR count). The number of benzene rings is 1. The summed E-state index contributed by atoms with van der Waals surface area (Å²) in [6.45, 7) is 0.456. The fourth-order valence-corrected chi connectivity index (χ4v) is 1.75. The number of aromatic nitrogens is 2. The zero-order chi connectivity index (χ0) is 12.2. The third-order valence-corrected chi connectivity index (χ3v) is 2.61. The molecule has 0 unspecified atom stereocenters. The van der Waals surface area contributed by atoms with E-state index >= 15 is 0 Å². The summed E-state index contributed by atoms with van der Waals surface area (Å²) >= 11 is 0. The topological polar surface area (TPSA) is 51.1 Å². The van der Waals surface area contributed by atoms with Crippen molar-refractivity contribution in [1.29, 1.82) is 0 Å². The molecule has 0 fully saturated rings. The minimum absolute atomic E-state index is 0.456. The normalized spacial score (nSPS) is 10.4. The van der Waals surface area contributed by atoms with Crippen LogP contribution in [0.3, 0.4) is 0 Å². The van der Waals surface area contributed by atoms with Crippen molar-refractivity contribution in [1.82, 2.24) is 9.97 Å². The molecule has 4 nitrogen and oxygen atoms in total. The Morgan fingerprint density at radius 2 is 2.11 bits per heavy atom. The quantitative estimate of drug-likeness (QED) is 0.761. The highest BCUT2D eigenvalue weighted by atomic mass is 16.5. The van der Waals surface area contributed by atoms with E-state index in [1.165, 1.54) is 0 Å². The maximum Gasteiger partial charge on any atom is 0.137 e. The van der Waals surface area contributed by atoms with E-state index in [2.05, 4.69) is 9.97 Å². The van der Waals surface area contributed by atoms with Gasteiger partial charge in [0.2, 0.25) is 0 Å². The molecule has 0 bridgehead atoms. The number of H-pyrrole nitrogens is 1. The van der Waals surface area contributed by atoms with Crippen molar-refractivity contribution in [2.24, 2.45) is 0 Å². The molecule has 18 heavy (non-hydrogen) atoms. The zero-order valence-corrected chi connectivity index (χ0v) is 9.67. The predicted molar refractivity (Wildman–Crippen MR) is 67.1 cm³/mol. The van der Waals surface area contributed by atoms with Crippen LogP contribution >= 0.6 is 0 Å². The number of nitrogens with zero attached hydrogens (tertiary/aromatic N) is 1. The first-order valence-electron chi connectivity index (χ1n) is 5.66. The Kier molecular flexibility index (Phi) is 2.84. The summed E-state index contributed by atoms with van der Waals surface area (Å²) in [4.78, 5) is 6.95. The van der Waals surface area contributed by atoms with Gasteiger partial charge in [-0.05, 0) is 24.3 Å². The molecule has 0 aliphatic carbocycles. The number of imidazole rings is 1. The average Bonchev–Trinajstić information content (AvgIpc) is 3.10. The summed E-state index contributed by atoms with van der Waals surface area (Å²) in [7, 11) is 0. The summed E-state index contributed by atoms with van der Waals surface area (Å²) in [6, 6.07) is 11.6. The monoisotopic (exact) mass is 240 g/mol. The van der Waals surface area contributed by atoms with Crippen LogP contribution in [0, 0.1) is 0 Å². The Morgan fingerprint density at radius 1 is 1.17 bits per heavy atom. The number of furan rings is 1. The van der Waals surface area contributed by atoms with Crippen molar-refractivity contribution in [2.75, 3.05) is 0 Å². The van der Waals surface area contributed by atoms with Gasteiger partial charge in [-0.15, -0.1) is 0 Å². The maximum atomic E-state index is 5.77. The van der Waals surface area contributed by atoms with Gasteiger partial charge in [0.25, 0.3) is 0 Å². The van der Waals surface area contributed by atoms with Crippen molar-refractivity contribution in [3.05, 3.63) is 60.9 Å². The van der Waals surface area contributed by atoms with Crippen molar-refractivity contribution in [3.8, 4) is 17.1 Å². The molecule has 0 aliphatic heterocycles. The average molecular weight is 240 g/mol. The highest BCUT2D eigenvalue weighted by molar-refractivity contribution is 5.65. The van der Waals surface area contributed by atoms with Crippen LogP contribution in [0.25, 0.3) is 11.3 Å². The van der Waals surface area contributed by atoms with Crippen LogP contribution in [0.15, 0.2) is 59.6 Å². The molecular weight excluding hydrogens is 228 g/mol. The lowest BCUT2D eigenvalue weighted by molar-refractivity contribution is 0.302. The molecule has 0 saturated heterocycles. The summed E-state index contributed by atoms with van der Waals surface area (Å²) < 4.78 is 11.2. The van der Waals surface area contributed by atoms with Gasteiger partial charge in [0.05, 0.1) is 30.0 Å². The van der Waals surface area contributed by atoms with E-state index in [1.54, 1.807) is 18.8 Å². The van der Waals surface area contributed by atoms with Gasteiger partial charge in [0, 0.05) is 0 Å². The van der Waals surface area contributed by atoms with Gasteiger partial charge in [0.15, 0.2) is 0 Å². The van der Waals surface area contributed by atoms with Gasteiger partial charge in [-0.2, -0.15) is 0 Å². The SMILES string of the molecule is c1coc(-c2ccccc2OCc2cnc[nH]2)c1. The fourth-order valence-electron chi connectivity index (χ4n) is 1.75. The van der Waals surface area contributed by atoms with Crippen molar-refractivity contribution < 1.29 is 9.15 Å². The van der Waals surface area contributed by atoms with Gasteiger partial charge in [-0.25, -0.2) is 4.98 Å². The standard InChI is InChI=1S/C14H12N2O2/c1-2-5-14(18-9-11-8-15-10-16-11)12(4-1)13-6-3-7-17-13/h1-8,10H,9H2,(H,15,16). The van der Waals surface area contributed by atoms with E-state index < -0.39 is 0 Å². The second kappa shape index (κ2) is 4.79. The number of hydrogen-bond donors (Lipinski definition) is 1. The molecule has 3 aromatic rings. The fraction of sp³-hybridized carbons (Fsp3) is 0.0714.